The lowest BCUT2D eigenvalue weighted by atomic mass is 10.1. The number of nitrogens with two attached hydrogens (primary N) is 1. The van der Waals surface area contributed by atoms with Gasteiger partial charge in [0.15, 0.2) is 11.2 Å². The van der Waals surface area contributed by atoms with Gasteiger partial charge in [-0.25, -0.2) is 9.78 Å². The van der Waals surface area contributed by atoms with Gasteiger partial charge in [-0.3, -0.25) is 23.3 Å². The van der Waals surface area contributed by atoms with Gasteiger partial charge >= 0.3 is 5.69 Å². The molecule has 0 unspecified atom stereocenters. The molecule has 36 heavy (non-hydrogen) atoms. The predicted molar refractivity (Wildman–Crippen MR) is 140 cm³/mol. The van der Waals surface area contributed by atoms with Crippen molar-refractivity contribution in [2.24, 2.45) is 12.8 Å². The van der Waals surface area contributed by atoms with E-state index in [-0.39, 0.29) is 17.7 Å². The Kier molecular flexibility index (Phi) is 5.99. The maximum atomic E-state index is 13.4. The molecule has 3 aromatic carbocycles. The van der Waals surface area contributed by atoms with E-state index in [9.17, 15) is 14.4 Å². The zero-order chi connectivity index (χ0) is 25.6. The molecule has 0 aliphatic carbocycles. The van der Waals surface area contributed by atoms with E-state index in [0.29, 0.717) is 32.7 Å². The summed E-state index contributed by atoms with van der Waals surface area (Å²) in [5.74, 6) is -0.146. The van der Waals surface area contributed by atoms with Gasteiger partial charge in [0.25, 0.3) is 5.56 Å². The number of benzene rings is 3. The minimum absolute atomic E-state index is 0.113. The zero-order valence-corrected chi connectivity index (χ0v) is 20.5. The van der Waals surface area contributed by atoms with Crippen molar-refractivity contribution in [3.8, 4) is 17.1 Å². The van der Waals surface area contributed by atoms with Gasteiger partial charge in [-0.2, -0.15) is 0 Å². The Morgan fingerprint density at radius 1 is 0.944 bits per heavy atom. The lowest BCUT2D eigenvalue weighted by Crippen LogP contribution is -2.39. The number of rotatable bonds is 5. The molecule has 2 heterocycles. The van der Waals surface area contributed by atoms with Crippen molar-refractivity contribution < 1.29 is 4.79 Å². The van der Waals surface area contributed by atoms with Crippen LogP contribution in [0.1, 0.15) is 15.9 Å². The second-order valence-electron chi connectivity index (χ2n) is 8.19. The first-order valence-corrected chi connectivity index (χ1v) is 11.6. The Morgan fingerprint density at radius 3 is 2.25 bits per heavy atom. The molecular weight excluding hydrogens is 501 g/mol. The van der Waals surface area contributed by atoms with Crippen molar-refractivity contribution in [1.82, 2.24) is 18.7 Å². The number of amides is 1. The van der Waals surface area contributed by atoms with Crippen molar-refractivity contribution in [3.05, 3.63) is 115 Å². The van der Waals surface area contributed by atoms with Gasteiger partial charge < -0.3 is 5.73 Å². The van der Waals surface area contributed by atoms with Crippen LogP contribution in [0.3, 0.4) is 0 Å². The number of halogens is 2. The molecule has 0 aliphatic heterocycles. The minimum Gasteiger partial charge on any atom is -0.366 e. The Hall–Kier alpha value is -4.14. The van der Waals surface area contributed by atoms with Gasteiger partial charge in [-0.05, 0) is 54.1 Å². The van der Waals surface area contributed by atoms with E-state index in [2.05, 4.69) is 0 Å². The molecule has 2 aromatic heterocycles. The van der Waals surface area contributed by atoms with Gasteiger partial charge in [0, 0.05) is 28.9 Å². The number of hydrogen-bond acceptors (Lipinski definition) is 4. The SMILES string of the molecule is Cn1c(=O)c2c(nc(-c3ccccc3Cl)n2-c2ccc(Cl)cc2)n(Cc2ccc(C(N)=O)cc2)c1=O. The van der Waals surface area contributed by atoms with Crippen LogP contribution < -0.4 is 17.0 Å². The monoisotopic (exact) mass is 519 g/mol. The molecule has 0 aliphatic rings. The Bertz CT molecular complexity index is 1750. The Balaban J connectivity index is 1.83. The quantitative estimate of drug-likeness (QED) is 0.378. The van der Waals surface area contributed by atoms with E-state index in [1.54, 1.807) is 71.3 Å². The topological polar surface area (TPSA) is 105 Å². The lowest BCUT2D eigenvalue weighted by Gasteiger charge is -2.12. The Labute approximate surface area is 214 Å². The molecule has 0 saturated carbocycles. The number of fused-ring (bicyclic) bond motifs is 1. The highest BCUT2D eigenvalue weighted by Crippen LogP contribution is 2.32. The highest BCUT2D eigenvalue weighted by Gasteiger charge is 2.23. The molecule has 0 saturated heterocycles. The summed E-state index contributed by atoms with van der Waals surface area (Å²) in [5.41, 5.74) is 7.02. The molecule has 0 radical (unpaired) electrons. The largest absolute Gasteiger partial charge is 0.366 e. The van der Waals surface area contributed by atoms with Gasteiger partial charge in [0.05, 0.1) is 11.6 Å². The van der Waals surface area contributed by atoms with Gasteiger partial charge in [-0.15, -0.1) is 0 Å². The van der Waals surface area contributed by atoms with Crippen LogP contribution in [0.15, 0.2) is 82.4 Å². The van der Waals surface area contributed by atoms with Crippen molar-refractivity contribution in [2.75, 3.05) is 0 Å². The molecule has 180 valence electrons. The smallest absolute Gasteiger partial charge is 0.332 e. The summed E-state index contributed by atoms with van der Waals surface area (Å²) < 4.78 is 4.15. The molecule has 2 N–H and O–H groups in total. The zero-order valence-electron chi connectivity index (χ0n) is 19.0. The van der Waals surface area contributed by atoms with Crippen LogP contribution in [0, 0.1) is 0 Å². The average Bonchev–Trinajstić information content (AvgIpc) is 3.26. The lowest BCUT2D eigenvalue weighted by molar-refractivity contribution is 0.100. The Morgan fingerprint density at radius 2 is 1.61 bits per heavy atom. The highest BCUT2D eigenvalue weighted by atomic mass is 35.5. The van der Waals surface area contributed by atoms with Crippen LogP contribution in [-0.2, 0) is 13.6 Å². The number of carbonyl (C=O) groups excluding carboxylic acids is 1. The summed E-state index contributed by atoms with van der Waals surface area (Å²) in [5, 5.41) is 0.975. The molecule has 10 heteroatoms. The van der Waals surface area contributed by atoms with Crippen LogP contribution in [0.2, 0.25) is 10.0 Å². The van der Waals surface area contributed by atoms with E-state index < -0.39 is 17.2 Å². The molecule has 1 amide bonds. The molecule has 0 bridgehead atoms. The van der Waals surface area contributed by atoms with Gasteiger partial charge in [-0.1, -0.05) is 47.5 Å². The van der Waals surface area contributed by atoms with E-state index in [0.717, 1.165) is 10.1 Å². The second kappa shape index (κ2) is 9.14. The number of primary amides is 1. The molecule has 0 atom stereocenters. The standard InChI is InChI=1S/C26H19Cl2N5O3/c1-31-25(35)21-24(32(26(31)36)14-15-6-8-16(9-7-15)22(29)34)30-23(19-4-2-3-5-20(19)28)33(21)18-12-10-17(27)11-13-18/h2-13H,14H2,1H3,(H2,29,34). The summed E-state index contributed by atoms with van der Waals surface area (Å²) in [6, 6.07) is 20.7. The van der Waals surface area contributed by atoms with E-state index in [1.165, 1.54) is 11.6 Å². The number of nitrogens with zero attached hydrogens (tertiary/aromatic N) is 4. The fourth-order valence-corrected chi connectivity index (χ4v) is 4.42. The molecular formula is C26H19Cl2N5O3. The predicted octanol–water partition coefficient (Wildman–Crippen LogP) is 4.01. The van der Waals surface area contributed by atoms with Crippen LogP contribution in [0.25, 0.3) is 28.2 Å². The minimum atomic E-state index is -0.547. The molecule has 5 rings (SSSR count). The fourth-order valence-electron chi connectivity index (χ4n) is 4.07. The summed E-state index contributed by atoms with van der Waals surface area (Å²) in [6.45, 7) is 0.113. The van der Waals surface area contributed by atoms with Gasteiger partial charge in [0.2, 0.25) is 5.91 Å². The fraction of sp³-hybridized carbons (Fsp3) is 0.0769. The first-order valence-electron chi connectivity index (χ1n) is 10.9. The highest BCUT2D eigenvalue weighted by molar-refractivity contribution is 6.33. The summed E-state index contributed by atoms with van der Waals surface area (Å²) in [7, 11) is 1.42. The van der Waals surface area contributed by atoms with Crippen molar-refractivity contribution >= 4 is 40.3 Å². The maximum Gasteiger partial charge on any atom is 0.332 e. The molecule has 0 fully saturated rings. The van der Waals surface area contributed by atoms with Crippen LogP contribution in [-0.4, -0.2) is 24.6 Å². The third kappa shape index (κ3) is 4.00. The van der Waals surface area contributed by atoms with E-state index >= 15 is 0 Å². The molecule has 8 nitrogen and oxygen atoms in total. The number of carbonyl (C=O) groups is 1. The van der Waals surface area contributed by atoms with Crippen molar-refractivity contribution in [1.29, 1.82) is 0 Å². The van der Waals surface area contributed by atoms with E-state index in [4.69, 9.17) is 33.9 Å². The second-order valence-corrected chi connectivity index (χ2v) is 9.04. The van der Waals surface area contributed by atoms with Crippen LogP contribution in [0.5, 0.6) is 0 Å². The first-order chi connectivity index (χ1) is 17.3. The third-order valence-electron chi connectivity index (χ3n) is 5.92. The van der Waals surface area contributed by atoms with E-state index in [1.807, 2.05) is 6.07 Å². The molecule has 0 spiro atoms. The maximum absolute atomic E-state index is 13.4. The third-order valence-corrected chi connectivity index (χ3v) is 6.50. The summed E-state index contributed by atoms with van der Waals surface area (Å²) in [4.78, 5) is 42.9. The first kappa shape index (κ1) is 23.6. The summed E-state index contributed by atoms with van der Waals surface area (Å²) in [6.07, 6.45) is 0. The van der Waals surface area contributed by atoms with Crippen LogP contribution in [0.4, 0.5) is 0 Å². The number of aromatic nitrogens is 4. The average molecular weight is 520 g/mol. The number of hydrogen-bond donors (Lipinski definition) is 1. The van der Waals surface area contributed by atoms with Gasteiger partial charge in [0.1, 0.15) is 5.82 Å². The normalized spacial score (nSPS) is 11.2. The summed E-state index contributed by atoms with van der Waals surface area (Å²) >= 11 is 12.6. The number of imidazole rings is 1. The van der Waals surface area contributed by atoms with Crippen LogP contribution >= 0.6 is 23.2 Å². The van der Waals surface area contributed by atoms with Crippen molar-refractivity contribution in [2.45, 2.75) is 6.54 Å². The van der Waals surface area contributed by atoms with Crippen molar-refractivity contribution in [3.63, 3.8) is 0 Å². The molecule has 5 aromatic rings.